The molecule has 0 spiro atoms. The average Bonchev–Trinajstić information content (AvgIpc) is 2.57. The third-order valence-corrected chi connectivity index (χ3v) is 4.35. The molecule has 0 aliphatic heterocycles. The van der Waals surface area contributed by atoms with E-state index in [0.29, 0.717) is 6.42 Å². The molecule has 136 valence electrons. The van der Waals surface area contributed by atoms with Gasteiger partial charge >= 0.3 is 0 Å². The molecule has 0 fully saturated rings. The molecular weight excluding hydrogens is 290 g/mol. The van der Waals surface area contributed by atoms with Gasteiger partial charge in [-0.3, -0.25) is 10.0 Å². The molecule has 0 unspecified atom stereocenters. The minimum Gasteiger partial charge on any atom is -0.303 e. The van der Waals surface area contributed by atoms with Gasteiger partial charge in [0.05, 0.1) is 0 Å². The van der Waals surface area contributed by atoms with E-state index >= 15 is 0 Å². The third-order valence-electron chi connectivity index (χ3n) is 4.35. The first-order valence-corrected chi connectivity index (χ1v) is 9.68. The molecule has 0 aliphatic carbocycles. The van der Waals surface area contributed by atoms with Crippen molar-refractivity contribution >= 4 is 12.2 Å². The first-order valence-electron chi connectivity index (χ1n) is 9.68. The van der Waals surface area contributed by atoms with Crippen molar-refractivity contribution in [2.24, 2.45) is 0 Å². The van der Waals surface area contributed by atoms with Crippen molar-refractivity contribution in [1.29, 1.82) is 0 Å². The molecule has 0 saturated carbocycles. The van der Waals surface area contributed by atoms with Gasteiger partial charge in [0, 0.05) is 12.8 Å². The Bertz CT molecular complexity index is 269. The minimum atomic E-state index is -0.272. The summed E-state index contributed by atoms with van der Waals surface area (Å²) in [6.45, 7) is 0. The molecule has 4 heteroatoms. The van der Waals surface area contributed by atoms with Crippen molar-refractivity contribution in [2.75, 3.05) is 0 Å². The van der Waals surface area contributed by atoms with Crippen LogP contribution in [0.2, 0.25) is 0 Å². The van der Waals surface area contributed by atoms with Gasteiger partial charge in [-0.1, -0.05) is 83.5 Å². The van der Waals surface area contributed by atoms with Gasteiger partial charge in [-0.05, 0) is 12.8 Å². The van der Waals surface area contributed by atoms with Crippen LogP contribution in [0.4, 0.5) is 0 Å². The number of carbonyl (C=O) groups excluding carboxylic acids is 2. The maximum Gasteiger partial charge on any atom is 0.243 e. The van der Waals surface area contributed by atoms with Gasteiger partial charge in [0.2, 0.25) is 5.91 Å². The van der Waals surface area contributed by atoms with Crippen LogP contribution in [-0.2, 0) is 9.59 Å². The predicted octanol–water partition coefficient (Wildman–Crippen LogP) is 5.32. The van der Waals surface area contributed by atoms with E-state index < -0.39 is 0 Å². The quantitative estimate of drug-likeness (QED) is 0.155. The van der Waals surface area contributed by atoms with E-state index in [0.717, 1.165) is 32.0 Å². The summed E-state index contributed by atoms with van der Waals surface area (Å²) in [6, 6.07) is 0. The van der Waals surface area contributed by atoms with Crippen molar-refractivity contribution in [3.05, 3.63) is 0 Å². The van der Waals surface area contributed by atoms with Crippen molar-refractivity contribution < 1.29 is 14.8 Å². The molecular formula is C19H37NO3. The number of aldehydes is 1. The molecule has 0 aliphatic rings. The Morgan fingerprint density at radius 2 is 1.00 bits per heavy atom. The fourth-order valence-corrected chi connectivity index (χ4v) is 2.87. The SMILES string of the molecule is O=CCCCCCCCCCCCCCCCCCC(=O)NO. The van der Waals surface area contributed by atoms with Crippen LogP contribution in [0.5, 0.6) is 0 Å². The van der Waals surface area contributed by atoms with Crippen LogP contribution in [0.25, 0.3) is 0 Å². The lowest BCUT2D eigenvalue weighted by molar-refractivity contribution is -0.129. The predicted molar refractivity (Wildman–Crippen MR) is 94.5 cm³/mol. The number of hydroxylamine groups is 1. The Balaban J connectivity index is 3.00. The van der Waals surface area contributed by atoms with Crippen LogP contribution in [-0.4, -0.2) is 17.4 Å². The highest BCUT2D eigenvalue weighted by Crippen LogP contribution is 2.13. The van der Waals surface area contributed by atoms with Crippen LogP contribution >= 0.6 is 0 Å². The largest absolute Gasteiger partial charge is 0.303 e. The molecule has 0 bridgehead atoms. The summed E-state index contributed by atoms with van der Waals surface area (Å²) in [5, 5.41) is 8.36. The number of amides is 1. The number of unbranched alkanes of at least 4 members (excludes halogenated alkanes) is 15. The molecule has 4 nitrogen and oxygen atoms in total. The van der Waals surface area contributed by atoms with Crippen LogP contribution in [0.15, 0.2) is 0 Å². The van der Waals surface area contributed by atoms with Crippen molar-refractivity contribution in [2.45, 2.75) is 109 Å². The van der Waals surface area contributed by atoms with Crippen molar-refractivity contribution in [3.8, 4) is 0 Å². The van der Waals surface area contributed by atoms with E-state index in [2.05, 4.69) is 0 Å². The molecule has 0 aromatic carbocycles. The van der Waals surface area contributed by atoms with E-state index in [1.54, 1.807) is 5.48 Å². The number of carbonyl (C=O) groups is 2. The van der Waals surface area contributed by atoms with E-state index in [-0.39, 0.29) is 5.91 Å². The number of rotatable bonds is 18. The van der Waals surface area contributed by atoms with E-state index in [9.17, 15) is 9.59 Å². The molecule has 23 heavy (non-hydrogen) atoms. The second-order valence-corrected chi connectivity index (χ2v) is 6.54. The zero-order valence-electron chi connectivity index (χ0n) is 14.9. The van der Waals surface area contributed by atoms with Crippen LogP contribution in [0.3, 0.4) is 0 Å². The van der Waals surface area contributed by atoms with Gasteiger partial charge in [0.15, 0.2) is 0 Å². The third kappa shape index (κ3) is 19.1. The summed E-state index contributed by atoms with van der Waals surface area (Å²) in [5.41, 5.74) is 1.67. The monoisotopic (exact) mass is 327 g/mol. The lowest BCUT2D eigenvalue weighted by atomic mass is 10.0. The van der Waals surface area contributed by atoms with Gasteiger partial charge in [0.25, 0.3) is 0 Å². The highest BCUT2D eigenvalue weighted by Gasteiger charge is 1.98. The number of hydrogen-bond acceptors (Lipinski definition) is 3. The molecule has 0 aromatic rings. The van der Waals surface area contributed by atoms with Crippen LogP contribution < -0.4 is 5.48 Å². The van der Waals surface area contributed by atoms with Crippen molar-refractivity contribution in [3.63, 3.8) is 0 Å². The van der Waals surface area contributed by atoms with Gasteiger partial charge < -0.3 is 4.79 Å². The highest BCUT2D eigenvalue weighted by atomic mass is 16.5. The Kier molecular flexibility index (Phi) is 18.4. The summed E-state index contributed by atoms with van der Waals surface area (Å²) in [6.07, 6.45) is 20.9. The van der Waals surface area contributed by atoms with Crippen LogP contribution in [0.1, 0.15) is 109 Å². The minimum absolute atomic E-state index is 0.272. The van der Waals surface area contributed by atoms with E-state index in [1.165, 1.54) is 77.0 Å². The molecule has 0 atom stereocenters. The standard InChI is InChI=1S/C19H37NO3/c21-18-16-14-12-10-8-6-4-2-1-3-5-7-9-11-13-15-17-19(22)20-23/h18,23H,1-17H2,(H,20,22). The zero-order valence-corrected chi connectivity index (χ0v) is 14.9. The molecule has 0 radical (unpaired) electrons. The lowest BCUT2D eigenvalue weighted by Crippen LogP contribution is -2.17. The Morgan fingerprint density at radius 1 is 0.652 bits per heavy atom. The van der Waals surface area contributed by atoms with Gasteiger partial charge in [-0.2, -0.15) is 0 Å². The Labute approximate surface area is 142 Å². The molecule has 0 saturated heterocycles. The fraction of sp³-hybridized carbons (Fsp3) is 0.895. The van der Waals surface area contributed by atoms with E-state index in [4.69, 9.17) is 5.21 Å². The summed E-state index contributed by atoms with van der Waals surface area (Å²) in [5.74, 6) is -0.272. The van der Waals surface area contributed by atoms with Gasteiger partial charge in [-0.25, -0.2) is 5.48 Å². The first-order chi connectivity index (χ1) is 11.3. The summed E-state index contributed by atoms with van der Waals surface area (Å²) in [4.78, 5) is 21.0. The Hall–Kier alpha value is -0.900. The Morgan fingerprint density at radius 3 is 1.35 bits per heavy atom. The molecule has 0 aromatic heterocycles. The number of hydrogen-bond donors (Lipinski definition) is 2. The first kappa shape index (κ1) is 22.1. The lowest BCUT2D eigenvalue weighted by Gasteiger charge is -2.03. The highest BCUT2D eigenvalue weighted by molar-refractivity contribution is 5.74. The van der Waals surface area contributed by atoms with E-state index in [1.807, 2.05) is 0 Å². The molecule has 2 N–H and O–H groups in total. The van der Waals surface area contributed by atoms with Gasteiger partial charge in [0.1, 0.15) is 6.29 Å². The second-order valence-electron chi connectivity index (χ2n) is 6.54. The van der Waals surface area contributed by atoms with Crippen LogP contribution in [0, 0.1) is 0 Å². The maximum absolute atomic E-state index is 10.8. The maximum atomic E-state index is 10.8. The fourth-order valence-electron chi connectivity index (χ4n) is 2.87. The molecule has 0 rings (SSSR count). The summed E-state index contributed by atoms with van der Waals surface area (Å²) >= 11 is 0. The average molecular weight is 328 g/mol. The molecule has 0 heterocycles. The van der Waals surface area contributed by atoms with Gasteiger partial charge in [-0.15, -0.1) is 0 Å². The second kappa shape index (κ2) is 19.1. The summed E-state index contributed by atoms with van der Waals surface area (Å²) < 4.78 is 0. The summed E-state index contributed by atoms with van der Waals surface area (Å²) in [7, 11) is 0. The van der Waals surface area contributed by atoms with Crippen molar-refractivity contribution in [1.82, 2.24) is 5.48 Å². The topological polar surface area (TPSA) is 66.4 Å². The number of nitrogens with one attached hydrogen (secondary N) is 1. The smallest absolute Gasteiger partial charge is 0.243 e. The normalized spacial score (nSPS) is 10.7. The zero-order chi connectivity index (χ0) is 17.0. The molecule has 1 amide bonds.